The van der Waals surface area contributed by atoms with Gasteiger partial charge in [-0.1, -0.05) is 53.5 Å². The topological polar surface area (TPSA) is 125 Å². The monoisotopic (exact) mass is 485 g/mol. The fourth-order valence-corrected chi connectivity index (χ4v) is 3.09. The highest BCUT2D eigenvalue weighted by Gasteiger charge is 2.06. The van der Waals surface area contributed by atoms with E-state index < -0.39 is 0 Å². The molecule has 0 unspecified atom stereocenters. The largest absolute Gasteiger partial charge is 0.507 e. The van der Waals surface area contributed by atoms with Gasteiger partial charge in [0.05, 0.1) is 27.9 Å². The van der Waals surface area contributed by atoms with E-state index in [-0.39, 0.29) is 33.4 Å². The predicted octanol–water partition coefficient (Wildman–Crippen LogP) is 5.47. The zero-order chi connectivity index (χ0) is 24.4. The summed E-state index contributed by atoms with van der Waals surface area (Å²) in [6, 6.07) is 14.9. The van der Waals surface area contributed by atoms with Gasteiger partial charge in [-0.15, -0.1) is 0 Å². The van der Waals surface area contributed by atoms with E-state index in [2.05, 4.69) is 4.98 Å². The molecule has 0 amide bonds. The second-order valence-electron chi connectivity index (χ2n) is 6.33. The number of aromatic nitrogens is 1. The number of nitrogens with zero attached hydrogens (tertiary/aromatic N) is 1. The Morgan fingerprint density at radius 2 is 1.45 bits per heavy atom. The molecule has 0 spiro atoms. The van der Waals surface area contributed by atoms with E-state index in [9.17, 15) is 19.5 Å². The lowest BCUT2D eigenvalue weighted by Crippen LogP contribution is -1.83. The SMILES string of the molecule is O=Cc1c(O)ccc2ccccc12.O=Cc1cc(Cl)cc(Cl)c1O.O=Cc1ccncc1O. The van der Waals surface area contributed by atoms with Crippen molar-refractivity contribution in [3.8, 4) is 17.2 Å². The third-order valence-electron chi connectivity index (χ3n) is 4.21. The highest BCUT2D eigenvalue weighted by molar-refractivity contribution is 6.36. The molecule has 0 aliphatic heterocycles. The third kappa shape index (κ3) is 6.77. The molecule has 7 nitrogen and oxygen atoms in total. The first-order valence-corrected chi connectivity index (χ1v) is 9.95. The van der Waals surface area contributed by atoms with Crippen LogP contribution in [0.1, 0.15) is 31.1 Å². The average Bonchev–Trinajstić information content (AvgIpc) is 2.82. The van der Waals surface area contributed by atoms with Gasteiger partial charge in [-0.3, -0.25) is 19.4 Å². The van der Waals surface area contributed by atoms with Crippen molar-refractivity contribution >= 4 is 52.8 Å². The molecule has 4 aromatic rings. The number of fused-ring (bicyclic) bond motifs is 1. The second-order valence-corrected chi connectivity index (χ2v) is 7.18. The van der Waals surface area contributed by atoms with Gasteiger partial charge in [0.1, 0.15) is 17.2 Å². The van der Waals surface area contributed by atoms with E-state index in [1.165, 1.54) is 36.7 Å². The van der Waals surface area contributed by atoms with Crippen molar-refractivity contribution in [2.24, 2.45) is 0 Å². The molecule has 0 saturated carbocycles. The normalized spacial score (nSPS) is 9.64. The van der Waals surface area contributed by atoms with Crippen LogP contribution in [0.4, 0.5) is 0 Å². The van der Waals surface area contributed by atoms with Crippen LogP contribution in [0.25, 0.3) is 10.8 Å². The van der Waals surface area contributed by atoms with Gasteiger partial charge in [0.15, 0.2) is 18.9 Å². The molecule has 3 aromatic carbocycles. The van der Waals surface area contributed by atoms with Gasteiger partial charge in [-0.25, -0.2) is 0 Å². The number of carbonyl (C=O) groups is 3. The van der Waals surface area contributed by atoms with E-state index in [1.807, 2.05) is 24.3 Å². The summed E-state index contributed by atoms with van der Waals surface area (Å²) in [7, 11) is 0. The minimum Gasteiger partial charge on any atom is -0.507 e. The highest BCUT2D eigenvalue weighted by atomic mass is 35.5. The molecule has 1 heterocycles. The zero-order valence-electron chi connectivity index (χ0n) is 16.9. The molecule has 4 rings (SSSR count). The maximum absolute atomic E-state index is 10.7. The number of aromatic hydroxyl groups is 3. The van der Waals surface area contributed by atoms with Crippen LogP contribution < -0.4 is 0 Å². The van der Waals surface area contributed by atoms with Gasteiger partial charge in [0, 0.05) is 11.2 Å². The Hall–Kier alpha value is -3.94. The number of aldehydes is 3. The van der Waals surface area contributed by atoms with Crippen molar-refractivity contribution in [1.29, 1.82) is 0 Å². The lowest BCUT2D eigenvalue weighted by molar-refractivity contribution is 0.111. The summed E-state index contributed by atoms with van der Waals surface area (Å²) in [5, 5.41) is 29.5. The van der Waals surface area contributed by atoms with Crippen LogP contribution >= 0.6 is 23.2 Å². The first-order chi connectivity index (χ1) is 15.8. The number of carbonyl (C=O) groups excluding carboxylic acids is 3. The standard InChI is InChI=1S/C11H8O2.C7H4Cl2O2.C6H5NO2/c12-7-10-9-4-2-1-3-8(9)5-6-11(10)13;8-5-1-4(3-10)7(11)6(9)2-5;8-4-5-1-2-7-3-6(5)9/h1-7,13H;1-3,11H;1-4,9H. The maximum Gasteiger partial charge on any atom is 0.154 e. The molecular formula is C24H17Cl2NO6. The lowest BCUT2D eigenvalue weighted by Gasteiger charge is -2.01. The van der Waals surface area contributed by atoms with Crippen LogP contribution in [-0.4, -0.2) is 39.2 Å². The Morgan fingerprint density at radius 1 is 0.758 bits per heavy atom. The van der Waals surface area contributed by atoms with E-state index in [0.29, 0.717) is 29.4 Å². The van der Waals surface area contributed by atoms with Crippen molar-refractivity contribution in [3.05, 3.63) is 93.7 Å². The number of phenols is 2. The molecule has 0 fully saturated rings. The van der Waals surface area contributed by atoms with E-state index >= 15 is 0 Å². The summed E-state index contributed by atoms with van der Waals surface area (Å²) in [6.45, 7) is 0. The quantitative estimate of drug-likeness (QED) is 0.328. The van der Waals surface area contributed by atoms with Gasteiger partial charge in [-0.2, -0.15) is 0 Å². The summed E-state index contributed by atoms with van der Waals surface area (Å²) in [4.78, 5) is 34.6. The average molecular weight is 486 g/mol. The fourth-order valence-electron chi connectivity index (χ4n) is 2.58. The van der Waals surface area contributed by atoms with Gasteiger partial charge in [0.2, 0.25) is 0 Å². The maximum atomic E-state index is 10.7. The van der Waals surface area contributed by atoms with Crippen LogP contribution in [0, 0.1) is 0 Å². The highest BCUT2D eigenvalue weighted by Crippen LogP contribution is 2.29. The molecule has 0 saturated heterocycles. The number of hydrogen-bond acceptors (Lipinski definition) is 7. The number of halogens is 2. The smallest absolute Gasteiger partial charge is 0.154 e. The van der Waals surface area contributed by atoms with Gasteiger partial charge in [-0.05, 0) is 35.0 Å². The van der Waals surface area contributed by atoms with Gasteiger partial charge >= 0.3 is 0 Å². The summed E-state index contributed by atoms with van der Waals surface area (Å²) >= 11 is 11.1. The Kier molecular flexibility index (Phi) is 9.35. The van der Waals surface area contributed by atoms with Crippen LogP contribution in [0.5, 0.6) is 17.2 Å². The Labute approximate surface area is 198 Å². The molecule has 1 aromatic heterocycles. The van der Waals surface area contributed by atoms with E-state index in [1.54, 1.807) is 6.07 Å². The molecule has 0 radical (unpaired) electrons. The number of hydrogen-bond donors (Lipinski definition) is 3. The molecule has 168 valence electrons. The van der Waals surface area contributed by atoms with Gasteiger partial charge in [0.25, 0.3) is 0 Å². The molecule has 9 heteroatoms. The zero-order valence-corrected chi connectivity index (χ0v) is 18.4. The molecule has 33 heavy (non-hydrogen) atoms. The van der Waals surface area contributed by atoms with Crippen LogP contribution in [0.2, 0.25) is 10.0 Å². The van der Waals surface area contributed by atoms with Crippen molar-refractivity contribution in [2.75, 3.05) is 0 Å². The third-order valence-corrected chi connectivity index (χ3v) is 4.72. The van der Waals surface area contributed by atoms with Crippen molar-refractivity contribution < 1.29 is 29.7 Å². The summed E-state index contributed by atoms with van der Waals surface area (Å²) in [5.41, 5.74) is 0.727. The molecule has 0 aliphatic rings. The van der Waals surface area contributed by atoms with Crippen molar-refractivity contribution in [1.82, 2.24) is 4.98 Å². The van der Waals surface area contributed by atoms with E-state index in [4.69, 9.17) is 33.4 Å². The Balaban J connectivity index is 0.000000178. The van der Waals surface area contributed by atoms with Crippen LogP contribution in [-0.2, 0) is 0 Å². The number of rotatable bonds is 3. The summed E-state index contributed by atoms with van der Waals surface area (Å²) in [6.07, 6.45) is 4.43. The minimum absolute atomic E-state index is 0.0358. The summed E-state index contributed by atoms with van der Waals surface area (Å²) < 4.78 is 0. The minimum atomic E-state index is -0.230. The second kappa shape index (κ2) is 12.2. The number of phenolic OH excluding ortho intramolecular Hbond substituents is 2. The summed E-state index contributed by atoms with van der Waals surface area (Å²) in [5.74, 6) is -0.271. The van der Waals surface area contributed by atoms with Gasteiger partial charge < -0.3 is 15.3 Å². The fraction of sp³-hybridized carbons (Fsp3) is 0. The Morgan fingerprint density at radius 3 is 2.06 bits per heavy atom. The van der Waals surface area contributed by atoms with Crippen molar-refractivity contribution in [2.45, 2.75) is 0 Å². The molecule has 0 bridgehead atoms. The lowest BCUT2D eigenvalue weighted by atomic mass is 10.0. The van der Waals surface area contributed by atoms with E-state index in [0.717, 1.165) is 10.8 Å². The predicted molar refractivity (Wildman–Crippen MR) is 126 cm³/mol. The van der Waals surface area contributed by atoms with Crippen LogP contribution in [0.3, 0.4) is 0 Å². The van der Waals surface area contributed by atoms with Crippen molar-refractivity contribution in [3.63, 3.8) is 0 Å². The first-order valence-electron chi connectivity index (χ1n) is 9.19. The first kappa shape index (κ1) is 25.3. The number of pyridine rings is 1. The number of benzene rings is 3. The Bertz CT molecular complexity index is 1290. The molecule has 0 atom stereocenters. The molecular weight excluding hydrogens is 469 g/mol. The molecule has 3 N–H and O–H groups in total. The molecule has 0 aliphatic carbocycles. The van der Waals surface area contributed by atoms with Crippen LogP contribution in [0.15, 0.2) is 67.0 Å².